The van der Waals surface area contributed by atoms with Crippen LogP contribution in [0.15, 0.2) is 23.1 Å². The summed E-state index contributed by atoms with van der Waals surface area (Å²) in [4.78, 5) is 13.5. The van der Waals surface area contributed by atoms with E-state index in [-0.39, 0.29) is 22.8 Å². The van der Waals surface area contributed by atoms with Crippen LogP contribution >= 0.6 is 11.6 Å². The molecular formula is C16H21ClN2O3S. The fourth-order valence-electron chi connectivity index (χ4n) is 3.22. The van der Waals surface area contributed by atoms with Crippen molar-refractivity contribution < 1.29 is 13.2 Å². The van der Waals surface area contributed by atoms with Crippen molar-refractivity contribution in [3.05, 3.63) is 28.8 Å². The van der Waals surface area contributed by atoms with Crippen LogP contribution in [0, 0.1) is 18.8 Å². The SMILES string of the molecule is CC(=O)N1CC(NS(=O)(=O)c2ccc(C)c(Cl)c2)C(C2CC2)C1. The zero-order valence-electron chi connectivity index (χ0n) is 13.3. The molecule has 0 spiro atoms. The minimum Gasteiger partial charge on any atom is -0.341 e. The summed E-state index contributed by atoms with van der Waals surface area (Å²) in [7, 11) is -3.64. The summed E-state index contributed by atoms with van der Waals surface area (Å²) in [6.45, 7) is 4.44. The Morgan fingerprint density at radius 2 is 2.00 bits per heavy atom. The number of aryl methyl sites for hydroxylation is 1. The van der Waals surface area contributed by atoms with Crippen LogP contribution in [0.25, 0.3) is 0 Å². The lowest BCUT2D eigenvalue weighted by Gasteiger charge is -2.19. The lowest BCUT2D eigenvalue weighted by molar-refractivity contribution is -0.128. The molecule has 1 N–H and O–H groups in total. The Labute approximate surface area is 142 Å². The van der Waals surface area contributed by atoms with E-state index in [4.69, 9.17) is 11.6 Å². The number of hydrogen-bond acceptors (Lipinski definition) is 3. The molecular weight excluding hydrogens is 336 g/mol. The molecule has 5 nitrogen and oxygen atoms in total. The fraction of sp³-hybridized carbons (Fsp3) is 0.562. The molecule has 1 aliphatic heterocycles. The van der Waals surface area contributed by atoms with Crippen LogP contribution in [-0.2, 0) is 14.8 Å². The van der Waals surface area contributed by atoms with E-state index in [9.17, 15) is 13.2 Å². The Balaban J connectivity index is 1.80. The average Bonchev–Trinajstić information content (AvgIpc) is 3.23. The Hall–Kier alpha value is -1.11. The van der Waals surface area contributed by atoms with Gasteiger partial charge >= 0.3 is 0 Å². The third kappa shape index (κ3) is 3.54. The number of nitrogens with one attached hydrogen (secondary N) is 1. The zero-order valence-corrected chi connectivity index (χ0v) is 14.8. The predicted molar refractivity (Wildman–Crippen MR) is 88.8 cm³/mol. The van der Waals surface area contributed by atoms with Gasteiger partial charge in [0.05, 0.1) is 4.90 Å². The molecule has 7 heteroatoms. The second-order valence-electron chi connectivity index (χ2n) is 6.56. The fourth-order valence-corrected chi connectivity index (χ4v) is 4.77. The Morgan fingerprint density at radius 1 is 1.30 bits per heavy atom. The van der Waals surface area contributed by atoms with Crippen molar-refractivity contribution in [2.75, 3.05) is 13.1 Å². The zero-order chi connectivity index (χ0) is 16.8. The Morgan fingerprint density at radius 3 is 2.57 bits per heavy atom. The van der Waals surface area contributed by atoms with E-state index in [1.807, 2.05) is 6.92 Å². The van der Waals surface area contributed by atoms with Gasteiger partial charge in [0, 0.05) is 31.1 Å². The molecule has 0 radical (unpaired) electrons. The van der Waals surface area contributed by atoms with E-state index in [0.29, 0.717) is 24.0 Å². The number of carbonyl (C=O) groups excluding carboxylic acids is 1. The largest absolute Gasteiger partial charge is 0.341 e. The van der Waals surface area contributed by atoms with Gasteiger partial charge in [-0.15, -0.1) is 0 Å². The number of sulfonamides is 1. The molecule has 23 heavy (non-hydrogen) atoms. The molecule has 2 aliphatic rings. The topological polar surface area (TPSA) is 66.5 Å². The van der Waals surface area contributed by atoms with Gasteiger partial charge in [-0.05, 0) is 49.3 Å². The van der Waals surface area contributed by atoms with Gasteiger partial charge in [0.1, 0.15) is 0 Å². The van der Waals surface area contributed by atoms with Crippen molar-refractivity contribution >= 4 is 27.5 Å². The monoisotopic (exact) mass is 356 g/mol. The molecule has 1 aromatic carbocycles. The van der Waals surface area contributed by atoms with Crippen LogP contribution in [0.3, 0.4) is 0 Å². The van der Waals surface area contributed by atoms with Gasteiger partial charge in [0.15, 0.2) is 0 Å². The maximum Gasteiger partial charge on any atom is 0.240 e. The number of rotatable bonds is 4. The predicted octanol–water partition coefficient (Wildman–Crippen LogP) is 2.18. The van der Waals surface area contributed by atoms with E-state index < -0.39 is 10.0 Å². The summed E-state index contributed by atoms with van der Waals surface area (Å²) in [5.74, 6) is 0.721. The van der Waals surface area contributed by atoms with Gasteiger partial charge < -0.3 is 4.90 Å². The first-order valence-corrected chi connectivity index (χ1v) is 9.68. The first-order chi connectivity index (χ1) is 10.8. The summed E-state index contributed by atoms with van der Waals surface area (Å²) in [5, 5.41) is 0.434. The number of hydrogen-bond donors (Lipinski definition) is 1. The smallest absolute Gasteiger partial charge is 0.240 e. The summed E-state index contributed by atoms with van der Waals surface area (Å²) in [6, 6.07) is 4.51. The van der Waals surface area contributed by atoms with Crippen LogP contribution in [0.4, 0.5) is 0 Å². The van der Waals surface area contributed by atoms with Crippen molar-refractivity contribution in [3.8, 4) is 0 Å². The van der Waals surface area contributed by atoms with Crippen molar-refractivity contribution in [2.45, 2.75) is 37.6 Å². The highest BCUT2D eigenvalue weighted by Gasteiger charge is 2.44. The highest BCUT2D eigenvalue weighted by atomic mass is 35.5. The number of carbonyl (C=O) groups is 1. The molecule has 126 valence electrons. The second kappa shape index (κ2) is 6.07. The quantitative estimate of drug-likeness (QED) is 0.899. The molecule has 2 unspecified atom stereocenters. The maximum atomic E-state index is 12.6. The third-order valence-electron chi connectivity index (χ3n) is 4.80. The number of halogens is 1. The third-order valence-corrected chi connectivity index (χ3v) is 6.69. The van der Waals surface area contributed by atoms with E-state index in [2.05, 4.69) is 4.72 Å². The number of likely N-dealkylation sites (tertiary alicyclic amines) is 1. The molecule has 1 aromatic rings. The molecule has 3 rings (SSSR count). The summed E-state index contributed by atoms with van der Waals surface area (Å²) in [5.41, 5.74) is 0.838. The van der Waals surface area contributed by atoms with Gasteiger partial charge in [-0.25, -0.2) is 13.1 Å². The average molecular weight is 357 g/mol. The number of nitrogens with zero attached hydrogens (tertiary/aromatic N) is 1. The molecule has 1 heterocycles. The molecule has 1 aliphatic carbocycles. The van der Waals surface area contributed by atoms with Crippen LogP contribution in [-0.4, -0.2) is 38.4 Å². The van der Waals surface area contributed by atoms with E-state index in [1.54, 1.807) is 17.0 Å². The molecule has 1 saturated heterocycles. The van der Waals surface area contributed by atoms with E-state index in [1.165, 1.54) is 13.0 Å². The normalized spacial score (nSPS) is 24.9. The summed E-state index contributed by atoms with van der Waals surface area (Å²) in [6.07, 6.45) is 2.23. The van der Waals surface area contributed by atoms with Crippen molar-refractivity contribution in [2.24, 2.45) is 11.8 Å². The highest BCUT2D eigenvalue weighted by Crippen LogP contribution is 2.41. The van der Waals surface area contributed by atoms with E-state index in [0.717, 1.165) is 18.4 Å². The van der Waals surface area contributed by atoms with Crippen LogP contribution in [0.5, 0.6) is 0 Å². The minimum absolute atomic E-state index is 0.00396. The van der Waals surface area contributed by atoms with Gasteiger partial charge in [-0.2, -0.15) is 0 Å². The molecule has 0 aromatic heterocycles. The standard InChI is InChI=1S/C16H21ClN2O3S/c1-10-3-6-13(7-15(10)17)23(21,22)18-16-9-19(11(2)20)8-14(16)12-4-5-12/h3,6-7,12,14,16,18H,4-5,8-9H2,1-2H3. The summed E-state index contributed by atoms with van der Waals surface area (Å²) < 4.78 is 28.1. The molecule has 1 saturated carbocycles. The summed E-state index contributed by atoms with van der Waals surface area (Å²) >= 11 is 6.05. The van der Waals surface area contributed by atoms with Gasteiger partial charge in [-0.1, -0.05) is 17.7 Å². The first kappa shape index (κ1) is 16.7. The number of benzene rings is 1. The van der Waals surface area contributed by atoms with Crippen molar-refractivity contribution in [1.82, 2.24) is 9.62 Å². The lowest BCUT2D eigenvalue weighted by Crippen LogP contribution is -2.41. The molecule has 1 amide bonds. The van der Waals surface area contributed by atoms with Gasteiger partial charge in [0.25, 0.3) is 0 Å². The van der Waals surface area contributed by atoms with Gasteiger partial charge in [0.2, 0.25) is 15.9 Å². The van der Waals surface area contributed by atoms with Crippen LogP contribution < -0.4 is 4.72 Å². The maximum absolute atomic E-state index is 12.6. The van der Waals surface area contributed by atoms with Gasteiger partial charge in [-0.3, -0.25) is 4.79 Å². The number of amides is 1. The first-order valence-electron chi connectivity index (χ1n) is 7.82. The molecule has 2 atom stereocenters. The Kier molecular flexibility index (Phi) is 4.42. The van der Waals surface area contributed by atoms with Crippen LogP contribution in [0.2, 0.25) is 5.02 Å². The van der Waals surface area contributed by atoms with Crippen LogP contribution in [0.1, 0.15) is 25.3 Å². The molecule has 2 fully saturated rings. The van der Waals surface area contributed by atoms with Crippen molar-refractivity contribution in [3.63, 3.8) is 0 Å². The second-order valence-corrected chi connectivity index (χ2v) is 8.69. The lowest BCUT2D eigenvalue weighted by atomic mass is 9.99. The highest BCUT2D eigenvalue weighted by molar-refractivity contribution is 7.89. The van der Waals surface area contributed by atoms with Crippen molar-refractivity contribution in [1.29, 1.82) is 0 Å². The minimum atomic E-state index is -3.64. The molecule has 0 bridgehead atoms. The Bertz CT molecular complexity index is 731. The van der Waals surface area contributed by atoms with E-state index >= 15 is 0 Å².